The van der Waals surface area contributed by atoms with E-state index in [1.54, 1.807) is 30.5 Å². The molecule has 1 amide bonds. The van der Waals surface area contributed by atoms with Gasteiger partial charge in [-0.25, -0.2) is 0 Å². The predicted molar refractivity (Wildman–Crippen MR) is 117 cm³/mol. The minimum absolute atomic E-state index is 0.00861. The van der Waals surface area contributed by atoms with Gasteiger partial charge in [0.05, 0.1) is 22.9 Å². The lowest BCUT2D eigenvalue weighted by Gasteiger charge is -2.23. The number of benzene rings is 1. The van der Waals surface area contributed by atoms with Crippen molar-refractivity contribution >= 4 is 5.91 Å². The topological polar surface area (TPSA) is 79.0 Å². The molecule has 6 nitrogen and oxygen atoms in total. The van der Waals surface area contributed by atoms with Gasteiger partial charge in [0.25, 0.3) is 5.91 Å². The molecular weight excluding hydrogens is 433 g/mol. The van der Waals surface area contributed by atoms with E-state index in [1.807, 2.05) is 6.07 Å². The number of halogens is 3. The molecule has 0 bridgehead atoms. The minimum Gasteiger partial charge on any atom is -0.345 e. The van der Waals surface area contributed by atoms with Crippen LogP contribution >= 0.6 is 0 Å². The second-order valence-corrected chi connectivity index (χ2v) is 7.78. The summed E-state index contributed by atoms with van der Waals surface area (Å²) < 4.78 is 41.6. The van der Waals surface area contributed by atoms with Crippen LogP contribution in [0.2, 0.25) is 0 Å². The number of nitriles is 1. The summed E-state index contributed by atoms with van der Waals surface area (Å²) in [6, 6.07) is 9.23. The van der Waals surface area contributed by atoms with Crippen LogP contribution in [0.3, 0.4) is 0 Å². The summed E-state index contributed by atoms with van der Waals surface area (Å²) in [6.45, 7) is 3.40. The molecule has 1 aromatic carbocycles. The van der Waals surface area contributed by atoms with E-state index >= 15 is 0 Å². The molecule has 0 saturated heterocycles. The van der Waals surface area contributed by atoms with Gasteiger partial charge in [0.1, 0.15) is 11.6 Å². The Balaban J connectivity index is 2.29. The largest absolute Gasteiger partial charge is 0.416 e. The highest BCUT2D eigenvalue weighted by atomic mass is 19.4. The predicted octanol–water partition coefficient (Wildman–Crippen LogP) is 4.42. The molecule has 0 spiro atoms. The van der Waals surface area contributed by atoms with Crippen molar-refractivity contribution in [2.45, 2.75) is 26.1 Å². The summed E-state index contributed by atoms with van der Waals surface area (Å²) in [5.41, 5.74) is -0.330. The van der Waals surface area contributed by atoms with Crippen molar-refractivity contribution in [3.05, 3.63) is 87.1 Å². The Morgan fingerprint density at radius 2 is 1.91 bits per heavy atom. The Kier molecular flexibility index (Phi) is 6.40. The zero-order valence-corrected chi connectivity index (χ0v) is 18.4. The van der Waals surface area contributed by atoms with Gasteiger partial charge in [-0.05, 0) is 43.7 Å². The van der Waals surface area contributed by atoms with E-state index in [1.165, 1.54) is 43.5 Å². The van der Waals surface area contributed by atoms with Crippen LogP contribution in [0.4, 0.5) is 13.2 Å². The molecule has 2 aromatic heterocycles. The Morgan fingerprint density at radius 3 is 2.45 bits per heavy atom. The van der Waals surface area contributed by atoms with Gasteiger partial charge in [0, 0.05) is 37.7 Å². The fourth-order valence-electron chi connectivity index (χ4n) is 3.57. The zero-order valence-electron chi connectivity index (χ0n) is 18.4. The number of rotatable bonds is 4. The van der Waals surface area contributed by atoms with Crippen molar-refractivity contribution in [2.24, 2.45) is 0 Å². The first-order chi connectivity index (χ1) is 15.5. The monoisotopic (exact) mass is 454 g/mol. The third-order valence-corrected chi connectivity index (χ3v) is 5.36. The molecule has 9 heteroatoms. The normalized spacial score (nSPS) is 12.2. The SMILES string of the molecule is Cc1c(-c2cccc(C(F)(F)F)c2)c(=O)c(C(=O)N(C)C)cn1C(C)c1ccc(C#N)cn1. The van der Waals surface area contributed by atoms with E-state index in [0.29, 0.717) is 17.0 Å². The van der Waals surface area contributed by atoms with Crippen molar-refractivity contribution in [3.8, 4) is 17.2 Å². The number of nitrogens with zero attached hydrogens (tertiary/aromatic N) is 4. The smallest absolute Gasteiger partial charge is 0.345 e. The summed E-state index contributed by atoms with van der Waals surface area (Å²) in [7, 11) is 2.98. The number of amides is 1. The van der Waals surface area contributed by atoms with E-state index < -0.39 is 29.1 Å². The first-order valence-electron chi connectivity index (χ1n) is 9.96. The van der Waals surface area contributed by atoms with Gasteiger partial charge in [-0.3, -0.25) is 14.6 Å². The first kappa shape index (κ1) is 23.7. The highest BCUT2D eigenvalue weighted by molar-refractivity contribution is 5.95. The fourth-order valence-corrected chi connectivity index (χ4v) is 3.57. The summed E-state index contributed by atoms with van der Waals surface area (Å²) in [5, 5.41) is 9.00. The van der Waals surface area contributed by atoms with E-state index in [0.717, 1.165) is 12.1 Å². The van der Waals surface area contributed by atoms with Crippen LogP contribution in [0.5, 0.6) is 0 Å². The second-order valence-electron chi connectivity index (χ2n) is 7.78. The van der Waals surface area contributed by atoms with Crippen LogP contribution < -0.4 is 5.43 Å². The van der Waals surface area contributed by atoms with Crippen LogP contribution in [0.25, 0.3) is 11.1 Å². The molecule has 0 radical (unpaired) electrons. The molecular formula is C24H21F3N4O2. The van der Waals surface area contributed by atoms with Crippen molar-refractivity contribution in [3.63, 3.8) is 0 Å². The van der Waals surface area contributed by atoms with Gasteiger partial charge in [0.15, 0.2) is 0 Å². The van der Waals surface area contributed by atoms with Gasteiger partial charge >= 0.3 is 6.18 Å². The highest BCUT2D eigenvalue weighted by Gasteiger charge is 2.31. The molecule has 0 aliphatic rings. The molecule has 0 N–H and O–H groups in total. The maximum atomic E-state index is 13.3. The molecule has 2 heterocycles. The number of carbonyl (C=O) groups is 1. The van der Waals surface area contributed by atoms with E-state index in [2.05, 4.69) is 4.98 Å². The molecule has 3 rings (SSSR count). The Bertz CT molecular complexity index is 1300. The summed E-state index contributed by atoms with van der Waals surface area (Å²) in [4.78, 5) is 31.6. The highest BCUT2D eigenvalue weighted by Crippen LogP contribution is 2.33. The van der Waals surface area contributed by atoms with Crippen molar-refractivity contribution in [1.82, 2.24) is 14.5 Å². The lowest BCUT2D eigenvalue weighted by atomic mass is 9.98. The summed E-state index contributed by atoms with van der Waals surface area (Å²) in [6.07, 6.45) is -1.77. The molecule has 33 heavy (non-hydrogen) atoms. The van der Waals surface area contributed by atoms with Gasteiger partial charge in [-0.2, -0.15) is 18.4 Å². The number of hydrogen-bond donors (Lipinski definition) is 0. The van der Waals surface area contributed by atoms with Gasteiger partial charge in [-0.1, -0.05) is 12.1 Å². The Labute approximate surface area is 188 Å². The lowest BCUT2D eigenvalue weighted by Crippen LogP contribution is -2.31. The number of aromatic nitrogens is 2. The van der Waals surface area contributed by atoms with Crippen molar-refractivity contribution < 1.29 is 18.0 Å². The standard InChI is InChI=1S/C24H21F3N4O2/c1-14(20-9-8-16(11-28)12-29-20)31-13-19(23(33)30(3)4)22(32)21(15(31)2)17-6-5-7-18(10-17)24(25,26)27/h5-10,12-14H,1-4H3. The second kappa shape index (κ2) is 8.90. The minimum atomic E-state index is -4.58. The van der Waals surface area contributed by atoms with Crippen LogP contribution in [0, 0.1) is 18.3 Å². The van der Waals surface area contributed by atoms with Crippen molar-refractivity contribution in [1.29, 1.82) is 5.26 Å². The Morgan fingerprint density at radius 1 is 1.21 bits per heavy atom. The molecule has 170 valence electrons. The molecule has 0 aliphatic carbocycles. The third-order valence-electron chi connectivity index (χ3n) is 5.36. The quantitative estimate of drug-likeness (QED) is 0.585. The van der Waals surface area contributed by atoms with Gasteiger partial charge in [-0.15, -0.1) is 0 Å². The number of alkyl halides is 3. The average Bonchev–Trinajstić information content (AvgIpc) is 2.78. The average molecular weight is 454 g/mol. The number of hydrogen-bond acceptors (Lipinski definition) is 4. The first-order valence-corrected chi connectivity index (χ1v) is 9.96. The molecule has 0 fully saturated rings. The molecule has 0 aliphatic heterocycles. The van der Waals surface area contributed by atoms with E-state index in [9.17, 15) is 22.8 Å². The van der Waals surface area contributed by atoms with Gasteiger partial charge in [0.2, 0.25) is 5.43 Å². The third kappa shape index (κ3) is 4.65. The van der Waals surface area contributed by atoms with Crippen LogP contribution in [0.1, 0.15) is 45.8 Å². The summed E-state index contributed by atoms with van der Waals surface area (Å²) >= 11 is 0. The van der Waals surface area contributed by atoms with E-state index in [-0.39, 0.29) is 16.7 Å². The van der Waals surface area contributed by atoms with Crippen LogP contribution in [-0.2, 0) is 6.18 Å². The number of carbonyl (C=O) groups excluding carboxylic acids is 1. The van der Waals surface area contributed by atoms with Crippen LogP contribution in [-0.4, -0.2) is 34.5 Å². The maximum Gasteiger partial charge on any atom is 0.416 e. The molecule has 1 unspecified atom stereocenters. The Hall–Kier alpha value is -3.93. The summed E-state index contributed by atoms with van der Waals surface area (Å²) in [5.74, 6) is -0.568. The molecule has 1 atom stereocenters. The maximum absolute atomic E-state index is 13.3. The zero-order chi connectivity index (χ0) is 24.5. The lowest BCUT2D eigenvalue weighted by molar-refractivity contribution is -0.137. The molecule has 3 aromatic rings. The van der Waals surface area contributed by atoms with Crippen molar-refractivity contribution in [2.75, 3.05) is 14.1 Å². The molecule has 0 saturated carbocycles. The van der Waals surface area contributed by atoms with Crippen LogP contribution in [0.15, 0.2) is 53.6 Å². The number of pyridine rings is 2. The fraction of sp³-hybridized carbons (Fsp3) is 0.250. The van der Waals surface area contributed by atoms with E-state index in [4.69, 9.17) is 5.26 Å². The van der Waals surface area contributed by atoms with Gasteiger partial charge < -0.3 is 9.47 Å².